The lowest BCUT2D eigenvalue weighted by Gasteiger charge is -2.28. The lowest BCUT2D eigenvalue weighted by molar-refractivity contribution is -0.147. The zero-order valence-electron chi connectivity index (χ0n) is 11.2. The molecule has 2 aromatic rings. The molecule has 1 aliphatic heterocycles. The molecule has 21 heavy (non-hydrogen) atoms. The van der Waals surface area contributed by atoms with E-state index in [4.69, 9.17) is 0 Å². The summed E-state index contributed by atoms with van der Waals surface area (Å²) in [6, 6.07) is 1.93. The Kier molecular flexibility index (Phi) is 3.56. The fourth-order valence-electron chi connectivity index (χ4n) is 2.52. The van der Waals surface area contributed by atoms with E-state index in [0.29, 0.717) is 25.3 Å². The van der Waals surface area contributed by atoms with Crippen molar-refractivity contribution in [3.8, 4) is 0 Å². The number of nitrogens with one attached hydrogen (secondary N) is 1. The Morgan fingerprint density at radius 2 is 2.14 bits per heavy atom. The molecule has 1 aliphatic rings. The minimum atomic E-state index is -4.43. The lowest BCUT2D eigenvalue weighted by Crippen LogP contribution is -2.34. The monoisotopic (exact) mass is 363 g/mol. The third-order valence-corrected chi connectivity index (χ3v) is 4.07. The first-order chi connectivity index (χ1) is 9.84. The first-order valence-corrected chi connectivity index (χ1v) is 7.19. The van der Waals surface area contributed by atoms with Gasteiger partial charge in [0.15, 0.2) is 0 Å². The lowest BCUT2D eigenvalue weighted by atomic mass is 10.2. The summed E-state index contributed by atoms with van der Waals surface area (Å²) >= 11 is 3.13. The second-order valence-corrected chi connectivity index (χ2v) is 5.83. The van der Waals surface area contributed by atoms with Crippen molar-refractivity contribution in [3.05, 3.63) is 33.6 Å². The van der Waals surface area contributed by atoms with Crippen LogP contribution in [0.3, 0.4) is 0 Å². The van der Waals surface area contributed by atoms with Gasteiger partial charge >= 0.3 is 6.18 Å². The van der Waals surface area contributed by atoms with Crippen LogP contribution in [0.1, 0.15) is 22.9 Å². The van der Waals surface area contributed by atoms with Crippen molar-refractivity contribution < 1.29 is 13.2 Å². The number of H-pyrrole nitrogens is 1. The summed E-state index contributed by atoms with van der Waals surface area (Å²) in [6.07, 6.45) is -4.43. The number of aromatic nitrogens is 4. The highest BCUT2D eigenvalue weighted by molar-refractivity contribution is 9.10. The van der Waals surface area contributed by atoms with Crippen LogP contribution in [0.25, 0.3) is 0 Å². The molecule has 0 saturated carbocycles. The molecule has 0 unspecified atom stereocenters. The molecule has 0 radical (unpaired) electrons. The van der Waals surface area contributed by atoms with Crippen molar-refractivity contribution in [2.45, 2.75) is 32.7 Å². The highest BCUT2D eigenvalue weighted by atomic mass is 79.9. The molecule has 2 aromatic heterocycles. The van der Waals surface area contributed by atoms with Gasteiger partial charge in [0, 0.05) is 31.9 Å². The van der Waals surface area contributed by atoms with Gasteiger partial charge < -0.3 is 4.57 Å². The number of rotatable bonds is 2. The molecule has 0 fully saturated rings. The Morgan fingerprint density at radius 3 is 2.76 bits per heavy atom. The van der Waals surface area contributed by atoms with E-state index in [1.54, 1.807) is 0 Å². The fourth-order valence-corrected chi connectivity index (χ4v) is 3.02. The number of alkyl halides is 3. The van der Waals surface area contributed by atoms with E-state index in [9.17, 15) is 13.2 Å². The van der Waals surface area contributed by atoms with Gasteiger partial charge in [-0.3, -0.25) is 10.00 Å². The molecule has 9 heteroatoms. The number of hydrogen-bond donors (Lipinski definition) is 1. The molecule has 0 spiro atoms. The van der Waals surface area contributed by atoms with E-state index in [1.807, 2.05) is 13.0 Å². The van der Waals surface area contributed by atoms with E-state index in [0.717, 1.165) is 11.4 Å². The Balaban J connectivity index is 1.81. The third kappa shape index (κ3) is 2.84. The van der Waals surface area contributed by atoms with Gasteiger partial charge in [0.2, 0.25) is 5.82 Å². The summed E-state index contributed by atoms with van der Waals surface area (Å²) in [6.45, 7) is 3.73. The van der Waals surface area contributed by atoms with Gasteiger partial charge in [0.1, 0.15) is 4.60 Å². The smallest absolute Gasteiger partial charge is 0.321 e. The van der Waals surface area contributed by atoms with Gasteiger partial charge in [0.25, 0.3) is 0 Å². The van der Waals surface area contributed by atoms with Gasteiger partial charge in [-0.1, -0.05) is 0 Å². The fraction of sp³-hybridized carbons (Fsp3) is 0.500. The van der Waals surface area contributed by atoms with Crippen molar-refractivity contribution in [2.24, 2.45) is 0 Å². The molecule has 3 rings (SSSR count). The molecule has 1 N–H and O–H groups in total. The maximum Gasteiger partial charge on any atom is 0.449 e. The molecule has 0 aromatic carbocycles. The molecule has 0 amide bonds. The number of aryl methyl sites for hydroxylation is 1. The molecule has 5 nitrogen and oxygen atoms in total. The van der Waals surface area contributed by atoms with E-state index in [1.165, 1.54) is 4.57 Å². The molecular weight excluding hydrogens is 351 g/mol. The molecule has 0 saturated heterocycles. The van der Waals surface area contributed by atoms with Crippen LogP contribution >= 0.6 is 15.9 Å². The van der Waals surface area contributed by atoms with Crippen LogP contribution in [-0.4, -0.2) is 31.2 Å². The maximum atomic E-state index is 12.9. The zero-order valence-corrected chi connectivity index (χ0v) is 12.8. The molecule has 3 heterocycles. The molecule has 0 atom stereocenters. The summed E-state index contributed by atoms with van der Waals surface area (Å²) in [5.74, 6) is -0.834. The summed E-state index contributed by atoms with van der Waals surface area (Å²) < 4.78 is 40.2. The number of aromatic amines is 1. The topological polar surface area (TPSA) is 49.7 Å². The Bertz CT molecular complexity index is 660. The predicted octanol–water partition coefficient (Wildman–Crippen LogP) is 2.71. The van der Waals surface area contributed by atoms with Crippen LogP contribution in [-0.2, 0) is 25.8 Å². The van der Waals surface area contributed by atoms with Crippen molar-refractivity contribution in [1.29, 1.82) is 0 Å². The van der Waals surface area contributed by atoms with E-state index in [2.05, 4.69) is 36.0 Å². The number of halogens is 4. The highest BCUT2D eigenvalue weighted by Crippen LogP contribution is 2.34. The Labute approximate surface area is 127 Å². The van der Waals surface area contributed by atoms with Crippen LogP contribution < -0.4 is 0 Å². The minimum Gasteiger partial charge on any atom is -0.321 e. The van der Waals surface area contributed by atoms with Crippen LogP contribution in [0.4, 0.5) is 13.2 Å². The summed E-state index contributed by atoms with van der Waals surface area (Å²) in [7, 11) is 0. The van der Waals surface area contributed by atoms with Crippen LogP contribution in [0.2, 0.25) is 0 Å². The average Bonchev–Trinajstić information content (AvgIpc) is 2.94. The number of fused-ring (bicyclic) bond motifs is 1. The van der Waals surface area contributed by atoms with Crippen molar-refractivity contribution in [1.82, 2.24) is 24.6 Å². The molecule has 0 bridgehead atoms. The quantitative estimate of drug-likeness (QED) is 0.892. The molecule has 0 aliphatic carbocycles. The van der Waals surface area contributed by atoms with Gasteiger partial charge in [0.05, 0.1) is 11.4 Å². The van der Waals surface area contributed by atoms with E-state index < -0.39 is 12.0 Å². The number of nitrogens with zero attached hydrogens (tertiary/aromatic N) is 4. The van der Waals surface area contributed by atoms with Gasteiger partial charge in [-0.15, -0.1) is 0 Å². The first-order valence-electron chi connectivity index (χ1n) is 6.40. The maximum absolute atomic E-state index is 12.9. The average molecular weight is 364 g/mol. The second-order valence-electron chi connectivity index (χ2n) is 5.08. The van der Waals surface area contributed by atoms with Crippen LogP contribution in [0.5, 0.6) is 0 Å². The summed E-state index contributed by atoms with van der Waals surface area (Å²) in [5.41, 5.74) is 2.40. The minimum absolute atomic E-state index is 0.262. The van der Waals surface area contributed by atoms with Crippen molar-refractivity contribution in [3.63, 3.8) is 0 Å². The first kappa shape index (κ1) is 14.6. The van der Waals surface area contributed by atoms with E-state index in [-0.39, 0.29) is 11.1 Å². The number of imidazole rings is 1. The van der Waals surface area contributed by atoms with Gasteiger partial charge in [-0.2, -0.15) is 18.3 Å². The zero-order chi connectivity index (χ0) is 15.2. The second kappa shape index (κ2) is 5.13. The normalized spacial score (nSPS) is 16.2. The largest absolute Gasteiger partial charge is 0.449 e. The van der Waals surface area contributed by atoms with Crippen LogP contribution in [0.15, 0.2) is 10.7 Å². The Morgan fingerprint density at radius 1 is 1.38 bits per heavy atom. The van der Waals surface area contributed by atoms with Crippen molar-refractivity contribution in [2.75, 3.05) is 6.54 Å². The third-order valence-electron chi connectivity index (χ3n) is 3.44. The van der Waals surface area contributed by atoms with Gasteiger partial charge in [-0.05, 0) is 28.9 Å². The number of hydrogen-bond acceptors (Lipinski definition) is 3. The summed E-state index contributed by atoms with van der Waals surface area (Å²) in [4.78, 5) is 5.67. The Hall–Kier alpha value is -1.35. The SMILES string of the molecule is Cc1cc(CN2CCn3c(C(F)(F)F)nc(Br)c3C2)n[nH]1. The van der Waals surface area contributed by atoms with Crippen molar-refractivity contribution >= 4 is 15.9 Å². The standard InChI is InChI=1S/C12H13BrF3N5/c1-7-4-8(19-18-7)5-20-2-3-21-9(6-20)10(13)17-11(21)12(14,15)16/h4H,2-3,5-6H2,1H3,(H,18,19). The predicted molar refractivity (Wildman–Crippen MR) is 72.4 cm³/mol. The van der Waals surface area contributed by atoms with E-state index >= 15 is 0 Å². The summed E-state index contributed by atoms with van der Waals surface area (Å²) in [5, 5.41) is 7.01. The van der Waals surface area contributed by atoms with Crippen LogP contribution in [0, 0.1) is 6.92 Å². The van der Waals surface area contributed by atoms with Gasteiger partial charge in [-0.25, -0.2) is 4.98 Å². The highest BCUT2D eigenvalue weighted by Gasteiger charge is 2.39. The molecular formula is C12H13BrF3N5. The molecule has 114 valence electrons.